The molecule has 1 nitrogen and oxygen atoms in total. The Balaban J connectivity index is 1.89. The normalized spacial score (nSPS) is 12.9. The van der Waals surface area contributed by atoms with E-state index in [1.807, 2.05) is 0 Å². The van der Waals surface area contributed by atoms with Gasteiger partial charge in [-0.15, -0.1) is 0 Å². The average Bonchev–Trinajstić information content (AvgIpc) is 2.47. The van der Waals surface area contributed by atoms with E-state index >= 15 is 0 Å². The van der Waals surface area contributed by atoms with Crippen LogP contribution in [0.15, 0.2) is 60.7 Å². The molecule has 0 aliphatic rings. The van der Waals surface area contributed by atoms with E-state index in [0.717, 1.165) is 6.54 Å². The fraction of sp³-hybridized carbons (Fsp3) is 0.333. The van der Waals surface area contributed by atoms with Crippen LogP contribution in [0.4, 0.5) is 5.69 Å². The highest BCUT2D eigenvalue weighted by Gasteiger charge is 2.25. The zero-order valence-electron chi connectivity index (χ0n) is 12.8. The van der Waals surface area contributed by atoms with Crippen molar-refractivity contribution in [3.63, 3.8) is 0 Å². The van der Waals surface area contributed by atoms with Gasteiger partial charge in [0.25, 0.3) is 0 Å². The van der Waals surface area contributed by atoms with E-state index in [-0.39, 0.29) is 0 Å². The summed E-state index contributed by atoms with van der Waals surface area (Å²) in [7, 11) is -1.32. The summed E-state index contributed by atoms with van der Waals surface area (Å²) in [4.78, 5) is 0. The molecule has 2 rings (SSSR count). The Morgan fingerprint density at radius 3 is 2.05 bits per heavy atom. The lowest BCUT2D eigenvalue weighted by Crippen LogP contribution is -2.43. The van der Waals surface area contributed by atoms with Crippen LogP contribution in [-0.2, 0) is 0 Å². The molecule has 1 N–H and O–H groups in total. The van der Waals surface area contributed by atoms with Gasteiger partial charge in [0.15, 0.2) is 0 Å². The molecule has 0 saturated carbocycles. The Hall–Kier alpha value is -1.54. The van der Waals surface area contributed by atoms with Crippen molar-refractivity contribution in [3.8, 4) is 0 Å². The first-order valence-corrected chi connectivity index (χ1v) is 10.6. The molecule has 2 heteroatoms. The Morgan fingerprint density at radius 2 is 1.45 bits per heavy atom. The minimum absolute atomic E-state index is 0.692. The molecule has 0 saturated heterocycles. The largest absolute Gasteiger partial charge is 0.385 e. The van der Waals surface area contributed by atoms with Gasteiger partial charge < -0.3 is 5.32 Å². The van der Waals surface area contributed by atoms with Crippen LogP contribution in [-0.4, -0.2) is 14.6 Å². The van der Waals surface area contributed by atoms with Crippen LogP contribution in [0.1, 0.15) is 6.92 Å². The number of benzene rings is 2. The monoisotopic (exact) mass is 283 g/mol. The molecule has 1 atom stereocenters. The molecule has 0 radical (unpaired) electrons. The van der Waals surface area contributed by atoms with Gasteiger partial charge in [0.05, 0.1) is 8.07 Å². The highest BCUT2D eigenvalue weighted by Crippen LogP contribution is 2.18. The molecule has 0 fully saturated rings. The van der Waals surface area contributed by atoms with E-state index in [9.17, 15) is 0 Å². The van der Waals surface area contributed by atoms with Crippen LogP contribution in [0.2, 0.25) is 19.1 Å². The van der Waals surface area contributed by atoms with Gasteiger partial charge in [-0.3, -0.25) is 0 Å². The number of hydrogen-bond acceptors (Lipinski definition) is 1. The summed E-state index contributed by atoms with van der Waals surface area (Å²) >= 11 is 0. The molecule has 20 heavy (non-hydrogen) atoms. The second-order valence-electron chi connectivity index (χ2n) is 6.31. The minimum Gasteiger partial charge on any atom is -0.385 e. The summed E-state index contributed by atoms with van der Waals surface area (Å²) < 4.78 is 0. The molecular weight excluding hydrogens is 258 g/mol. The van der Waals surface area contributed by atoms with Crippen LogP contribution in [0, 0.1) is 5.92 Å². The summed E-state index contributed by atoms with van der Waals surface area (Å²) in [6, 6.07) is 22.8. The first-order valence-electron chi connectivity index (χ1n) is 7.42. The van der Waals surface area contributed by atoms with Gasteiger partial charge in [0.2, 0.25) is 0 Å². The van der Waals surface area contributed by atoms with E-state index < -0.39 is 8.07 Å². The average molecular weight is 283 g/mol. The number of anilines is 1. The lowest BCUT2D eigenvalue weighted by atomic mass is 10.2. The van der Waals surface area contributed by atoms with Crippen molar-refractivity contribution >= 4 is 18.9 Å². The molecule has 2 aromatic rings. The predicted molar refractivity (Wildman–Crippen MR) is 92.5 cm³/mol. The first kappa shape index (κ1) is 14.9. The van der Waals surface area contributed by atoms with Crippen molar-refractivity contribution in [1.82, 2.24) is 0 Å². The molecule has 1 unspecified atom stereocenters. The lowest BCUT2D eigenvalue weighted by Gasteiger charge is -2.27. The van der Waals surface area contributed by atoms with Crippen molar-refractivity contribution in [2.45, 2.75) is 26.1 Å². The summed E-state index contributed by atoms with van der Waals surface area (Å²) in [6.07, 6.45) is 0. The first-order chi connectivity index (χ1) is 9.58. The summed E-state index contributed by atoms with van der Waals surface area (Å²) in [5.74, 6) is 0.692. The maximum Gasteiger partial charge on any atom is 0.0809 e. The van der Waals surface area contributed by atoms with Crippen molar-refractivity contribution < 1.29 is 0 Å². The van der Waals surface area contributed by atoms with Gasteiger partial charge in [0, 0.05) is 12.2 Å². The SMILES string of the molecule is CC(CNc1ccccc1)C[Si](C)(C)c1ccccc1. The van der Waals surface area contributed by atoms with E-state index in [0.29, 0.717) is 5.92 Å². The van der Waals surface area contributed by atoms with E-state index in [2.05, 4.69) is 86.0 Å². The number of nitrogens with one attached hydrogen (secondary N) is 1. The highest BCUT2D eigenvalue weighted by atomic mass is 28.3. The number of hydrogen-bond donors (Lipinski definition) is 1. The molecule has 2 aromatic carbocycles. The van der Waals surface area contributed by atoms with Gasteiger partial charge in [-0.25, -0.2) is 0 Å². The van der Waals surface area contributed by atoms with Crippen molar-refractivity contribution in [3.05, 3.63) is 60.7 Å². The van der Waals surface area contributed by atoms with Gasteiger partial charge in [-0.05, 0) is 24.1 Å². The van der Waals surface area contributed by atoms with Crippen molar-refractivity contribution in [2.24, 2.45) is 5.92 Å². The van der Waals surface area contributed by atoms with Crippen molar-refractivity contribution in [2.75, 3.05) is 11.9 Å². The van der Waals surface area contributed by atoms with Crippen LogP contribution in [0.3, 0.4) is 0 Å². The highest BCUT2D eigenvalue weighted by molar-refractivity contribution is 6.89. The van der Waals surface area contributed by atoms with Crippen LogP contribution in [0.5, 0.6) is 0 Å². The topological polar surface area (TPSA) is 12.0 Å². The third-order valence-corrected chi connectivity index (χ3v) is 7.46. The van der Waals surface area contributed by atoms with Gasteiger partial charge in [0.1, 0.15) is 0 Å². The van der Waals surface area contributed by atoms with Crippen LogP contribution >= 0.6 is 0 Å². The molecule has 106 valence electrons. The summed E-state index contributed by atoms with van der Waals surface area (Å²) in [6.45, 7) is 8.35. The van der Waals surface area contributed by atoms with Crippen LogP contribution < -0.4 is 10.5 Å². The molecule has 0 amide bonds. The molecule has 0 bridgehead atoms. The van der Waals surface area contributed by atoms with Crippen LogP contribution in [0.25, 0.3) is 0 Å². The standard InChI is InChI=1S/C18H25NSi/c1-16(14-19-17-10-6-4-7-11-17)15-20(2,3)18-12-8-5-9-13-18/h4-13,16,19H,14-15H2,1-3H3. The summed E-state index contributed by atoms with van der Waals surface area (Å²) in [5.41, 5.74) is 1.22. The zero-order valence-corrected chi connectivity index (χ0v) is 13.8. The maximum atomic E-state index is 3.54. The van der Waals surface area contributed by atoms with Gasteiger partial charge in [-0.1, -0.05) is 73.7 Å². The fourth-order valence-electron chi connectivity index (χ4n) is 2.80. The lowest BCUT2D eigenvalue weighted by molar-refractivity contribution is 0.677. The Bertz CT molecular complexity index is 507. The number of para-hydroxylation sites is 1. The maximum absolute atomic E-state index is 3.54. The van der Waals surface area contributed by atoms with E-state index in [1.54, 1.807) is 5.19 Å². The smallest absolute Gasteiger partial charge is 0.0809 e. The van der Waals surface area contributed by atoms with E-state index in [1.165, 1.54) is 11.7 Å². The molecule has 0 spiro atoms. The molecule has 0 heterocycles. The van der Waals surface area contributed by atoms with Gasteiger partial charge in [-0.2, -0.15) is 0 Å². The zero-order chi connectivity index (χ0) is 14.4. The van der Waals surface area contributed by atoms with Gasteiger partial charge >= 0.3 is 0 Å². The van der Waals surface area contributed by atoms with E-state index in [4.69, 9.17) is 0 Å². The fourth-order valence-corrected chi connectivity index (χ4v) is 6.02. The third kappa shape index (κ3) is 4.24. The second kappa shape index (κ2) is 6.75. The summed E-state index contributed by atoms with van der Waals surface area (Å²) in [5, 5.41) is 5.10. The molecular formula is C18H25NSi. The van der Waals surface area contributed by atoms with Crippen molar-refractivity contribution in [1.29, 1.82) is 0 Å². The Kier molecular flexibility index (Phi) is 5.02. The molecule has 0 aliphatic carbocycles. The Labute approximate surface area is 124 Å². The predicted octanol–water partition coefficient (Wildman–Crippen LogP) is 4.35. The minimum atomic E-state index is -1.32. The Morgan fingerprint density at radius 1 is 0.900 bits per heavy atom. The third-order valence-electron chi connectivity index (χ3n) is 3.84. The quantitative estimate of drug-likeness (QED) is 0.777. The second-order valence-corrected chi connectivity index (χ2v) is 11.1. The molecule has 0 aliphatic heterocycles. The number of rotatable bonds is 6. The molecule has 0 aromatic heterocycles.